The summed E-state index contributed by atoms with van der Waals surface area (Å²) in [6, 6.07) is 3.91. The Kier molecular flexibility index (Phi) is 2.85. The van der Waals surface area contributed by atoms with Crippen molar-refractivity contribution in [2.75, 3.05) is 24.5 Å². The first-order valence-corrected chi connectivity index (χ1v) is 7.67. The maximum atomic E-state index is 11.5. The smallest absolute Gasteiger partial charge is 0.220 e. The van der Waals surface area contributed by atoms with Crippen LogP contribution in [0.5, 0.6) is 0 Å². The summed E-state index contributed by atoms with van der Waals surface area (Å²) < 4.78 is 0. The van der Waals surface area contributed by atoms with Crippen LogP contribution in [0.25, 0.3) is 10.9 Å². The van der Waals surface area contributed by atoms with Gasteiger partial charge in [-0.15, -0.1) is 0 Å². The average Bonchev–Trinajstić information content (AvgIpc) is 3.06. The first kappa shape index (κ1) is 13.0. The van der Waals surface area contributed by atoms with E-state index in [2.05, 4.69) is 20.4 Å². The van der Waals surface area contributed by atoms with Crippen LogP contribution in [-0.2, 0) is 4.79 Å². The van der Waals surface area contributed by atoms with Crippen LogP contribution in [0.4, 0.5) is 5.69 Å². The first-order valence-electron chi connectivity index (χ1n) is 7.30. The zero-order chi connectivity index (χ0) is 14.4. The highest BCUT2D eigenvalue weighted by molar-refractivity contribution is 6.31. The Labute approximate surface area is 127 Å². The number of halogens is 1. The van der Waals surface area contributed by atoms with Gasteiger partial charge in [-0.05, 0) is 30.4 Å². The Morgan fingerprint density at radius 3 is 2.81 bits per heavy atom. The van der Waals surface area contributed by atoms with Crippen LogP contribution in [-0.4, -0.2) is 35.7 Å². The molecule has 2 N–H and O–H groups in total. The zero-order valence-electron chi connectivity index (χ0n) is 11.7. The van der Waals surface area contributed by atoms with Gasteiger partial charge in [-0.2, -0.15) is 5.10 Å². The van der Waals surface area contributed by atoms with E-state index >= 15 is 0 Å². The third-order valence-electron chi connectivity index (χ3n) is 4.86. The van der Waals surface area contributed by atoms with Gasteiger partial charge < -0.3 is 10.2 Å². The van der Waals surface area contributed by atoms with Crippen LogP contribution >= 0.6 is 11.6 Å². The molecule has 2 aliphatic rings. The van der Waals surface area contributed by atoms with Gasteiger partial charge in [0.25, 0.3) is 0 Å². The summed E-state index contributed by atoms with van der Waals surface area (Å²) in [5.41, 5.74) is 2.27. The molecule has 0 bridgehead atoms. The minimum atomic E-state index is 0.168. The molecule has 1 spiro atoms. The molecule has 2 aliphatic heterocycles. The molecule has 1 aromatic carbocycles. The number of carbonyl (C=O) groups is 1. The predicted molar refractivity (Wildman–Crippen MR) is 82.6 cm³/mol. The number of rotatable bonds is 1. The number of hydrogen-bond acceptors (Lipinski definition) is 3. The number of aromatic nitrogens is 2. The van der Waals surface area contributed by atoms with Crippen LogP contribution in [0.2, 0.25) is 5.02 Å². The van der Waals surface area contributed by atoms with Crippen molar-refractivity contribution in [2.24, 2.45) is 5.41 Å². The molecular formula is C15H17ClN4O. The molecule has 3 heterocycles. The number of nitrogens with zero attached hydrogens (tertiary/aromatic N) is 2. The van der Waals surface area contributed by atoms with Crippen molar-refractivity contribution in [2.45, 2.75) is 19.3 Å². The average molecular weight is 305 g/mol. The minimum absolute atomic E-state index is 0.168. The molecule has 2 aromatic rings. The number of piperidine rings is 1. The van der Waals surface area contributed by atoms with Crippen molar-refractivity contribution in [3.63, 3.8) is 0 Å². The van der Waals surface area contributed by atoms with Gasteiger partial charge in [0.05, 0.1) is 11.7 Å². The molecule has 0 aliphatic carbocycles. The number of hydrogen-bond donors (Lipinski definition) is 2. The van der Waals surface area contributed by atoms with E-state index in [-0.39, 0.29) is 11.3 Å². The summed E-state index contributed by atoms with van der Waals surface area (Å²) in [5, 5.41) is 11.9. The molecule has 0 unspecified atom stereocenters. The summed E-state index contributed by atoms with van der Waals surface area (Å²) in [5.74, 6) is 0.198. The summed E-state index contributed by atoms with van der Waals surface area (Å²) in [6.07, 6.45) is 4.61. The summed E-state index contributed by atoms with van der Waals surface area (Å²) in [4.78, 5) is 13.9. The second kappa shape index (κ2) is 4.63. The number of fused-ring (bicyclic) bond motifs is 1. The minimum Gasteiger partial charge on any atom is -0.371 e. The molecule has 6 heteroatoms. The standard InChI is InChI=1S/C15H17ClN4O/c16-10-5-12-11(8-18-19-12)13(6-10)20-3-1-15(2-4-20)7-14(21)17-9-15/h5-6,8H,1-4,7,9H2,(H,17,21)(H,18,19). The zero-order valence-corrected chi connectivity index (χ0v) is 12.4. The van der Waals surface area contributed by atoms with Crippen molar-refractivity contribution in [3.05, 3.63) is 23.4 Å². The summed E-state index contributed by atoms with van der Waals surface area (Å²) in [7, 11) is 0. The van der Waals surface area contributed by atoms with Gasteiger partial charge in [0.2, 0.25) is 5.91 Å². The van der Waals surface area contributed by atoms with E-state index in [1.165, 1.54) is 0 Å². The summed E-state index contributed by atoms with van der Waals surface area (Å²) >= 11 is 6.21. The maximum Gasteiger partial charge on any atom is 0.220 e. The number of benzene rings is 1. The van der Waals surface area contributed by atoms with Crippen molar-refractivity contribution >= 4 is 34.1 Å². The van der Waals surface area contributed by atoms with E-state index in [1.807, 2.05) is 18.3 Å². The molecule has 2 fully saturated rings. The lowest BCUT2D eigenvalue weighted by Gasteiger charge is -2.39. The number of aromatic amines is 1. The monoisotopic (exact) mass is 304 g/mol. The van der Waals surface area contributed by atoms with Crippen LogP contribution in [0.15, 0.2) is 18.3 Å². The molecule has 2 saturated heterocycles. The normalized spacial score (nSPS) is 21.2. The highest BCUT2D eigenvalue weighted by Crippen LogP contribution is 2.40. The van der Waals surface area contributed by atoms with Gasteiger partial charge >= 0.3 is 0 Å². The Balaban J connectivity index is 1.60. The number of anilines is 1. The highest BCUT2D eigenvalue weighted by Gasteiger charge is 2.41. The lowest BCUT2D eigenvalue weighted by Crippen LogP contribution is -2.41. The van der Waals surface area contributed by atoms with Crippen LogP contribution in [0, 0.1) is 5.41 Å². The lowest BCUT2D eigenvalue weighted by molar-refractivity contribution is -0.119. The fourth-order valence-corrected chi connectivity index (χ4v) is 3.80. The largest absolute Gasteiger partial charge is 0.371 e. The van der Waals surface area contributed by atoms with Crippen molar-refractivity contribution in [3.8, 4) is 0 Å². The first-order chi connectivity index (χ1) is 10.2. The molecule has 4 rings (SSSR count). The van der Waals surface area contributed by atoms with Gasteiger partial charge in [0.15, 0.2) is 0 Å². The molecule has 0 atom stereocenters. The van der Waals surface area contributed by atoms with Gasteiger partial charge in [-0.1, -0.05) is 11.6 Å². The maximum absolute atomic E-state index is 11.5. The molecule has 0 radical (unpaired) electrons. The van der Waals surface area contributed by atoms with E-state index in [0.717, 1.165) is 54.1 Å². The quantitative estimate of drug-likeness (QED) is 0.850. The van der Waals surface area contributed by atoms with Gasteiger partial charge in [-0.3, -0.25) is 9.89 Å². The fraction of sp³-hybridized carbons (Fsp3) is 0.467. The van der Waals surface area contributed by atoms with Crippen molar-refractivity contribution in [1.82, 2.24) is 15.5 Å². The van der Waals surface area contributed by atoms with E-state index in [0.29, 0.717) is 6.42 Å². The van der Waals surface area contributed by atoms with Crippen molar-refractivity contribution in [1.29, 1.82) is 0 Å². The molecule has 21 heavy (non-hydrogen) atoms. The second-order valence-electron chi connectivity index (χ2n) is 6.20. The van der Waals surface area contributed by atoms with Crippen LogP contribution < -0.4 is 10.2 Å². The van der Waals surface area contributed by atoms with Crippen molar-refractivity contribution < 1.29 is 4.79 Å². The molecule has 110 valence electrons. The third-order valence-corrected chi connectivity index (χ3v) is 5.08. The molecule has 1 amide bonds. The molecular weight excluding hydrogens is 288 g/mol. The second-order valence-corrected chi connectivity index (χ2v) is 6.63. The Morgan fingerprint density at radius 2 is 2.10 bits per heavy atom. The number of H-pyrrole nitrogens is 1. The van der Waals surface area contributed by atoms with Gasteiger partial charge in [0.1, 0.15) is 0 Å². The SMILES string of the molecule is O=C1CC2(CCN(c3cc(Cl)cc4[nH]ncc34)CC2)CN1. The Hall–Kier alpha value is -1.75. The molecule has 1 aromatic heterocycles. The topological polar surface area (TPSA) is 61.0 Å². The van der Waals surface area contributed by atoms with Gasteiger partial charge in [0, 0.05) is 42.2 Å². The third kappa shape index (κ3) is 2.16. The molecule has 0 saturated carbocycles. The number of amides is 1. The number of carbonyl (C=O) groups excluding carboxylic acids is 1. The van der Waals surface area contributed by atoms with Crippen LogP contribution in [0.3, 0.4) is 0 Å². The molecule has 5 nitrogen and oxygen atoms in total. The summed E-state index contributed by atoms with van der Waals surface area (Å²) in [6.45, 7) is 2.74. The lowest BCUT2D eigenvalue weighted by atomic mass is 9.77. The highest BCUT2D eigenvalue weighted by atomic mass is 35.5. The fourth-order valence-electron chi connectivity index (χ4n) is 3.59. The van der Waals surface area contributed by atoms with E-state index in [9.17, 15) is 4.79 Å². The van der Waals surface area contributed by atoms with Crippen LogP contribution in [0.1, 0.15) is 19.3 Å². The Morgan fingerprint density at radius 1 is 1.29 bits per heavy atom. The number of nitrogens with one attached hydrogen (secondary N) is 2. The Bertz CT molecular complexity index is 703. The van der Waals surface area contributed by atoms with E-state index in [4.69, 9.17) is 11.6 Å². The van der Waals surface area contributed by atoms with E-state index < -0.39 is 0 Å². The van der Waals surface area contributed by atoms with E-state index in [1.54, 1.807) is 0 Å². The predicted octanol–water partition coefficient (Wildman–Crippen LogP) is 2.32. The van der Waals surface area contributed by atoms with Gasteiger partial charge in [-0.25, -0.2) is 0 Å².